The van der Waals surface area contributed by atoms with Gasteiger partial charge in [0.25, 0.3) is 0 Å². The second-order valence-electron chi connectivity index (χ2n) is 7.07. The first kappa shape index (κ1) is 19.2. The van der Waals surface area contributed by atoms with Crippen molar-refractivity contribution in [3.8, 4) is 0 Å². The summed E-state index contributed by atoms with van der Waals surface area (Å²) < 4.78 is 6.28. The van der Waals surface area contributed by atoms with E-state index in [0.29, 0.717) is 23.2 Å². The number of halogens is 2. The van der Waals surface area contributed by atoms with Crippen molar-refractivity contribution in [1.29, 1.82) is 0 Å². The van der Waals surface area contributed by atoms with Crippen molar-refractivity contribution in [2.45, 2.75) is 51.5 Å². The Bertz CT molecular complexity index is 879. The molecule has 1 N–H and O–H groups in total. The monoisotopic (exact) mass is 392 g/mol. The highest BCUT2D eigenvalue weighted by Crippen LogP contribution is 2.37. The highest BCUT2D eigenvalue weighted by atomic mass is 35.5. The highest BCUT2D eigenvalue weighted by Gasteiger charge is 2.24. The molecule has 0 radical (unpaired) electrons. The third-order valence-corrected chi connectivity index (χ3v) is 5.47. The summed E-state index contributed by atoms with van der Waals surface area (Å²) in [4.78, 5) is 11.0. The lowest BCUT2D eigenvalue weighted by Gasteiger charge is -2.19. The average molecular weight is 393 g/mol. The number of hydrogen-bond acceptors (Lipinski definition) is 3. The largest absolute Gasteiger partial charge is 1.00 e. The molecule has 0 saturated heterocycles. The lowest BCUT2D eigenvalue weighted by atomic mass is 9.87. The number of quaternary nitrogens is 1. The van der Waals surface area contributed by atoms with Gasteiger partial charge in [-0.1, -0.05) is 36.0 Å². The van der Waals surface area contributed by atoms with E-state index in [2.05, 4.69) is 11.2 Å². The van der Waals surface area contributed by atoms with E-state index in [4.69, 9.17) is 16.0 Å². The number of hydrogen-bond donors (Lipinski definition) is 1. The van der Waals surface area contributed by atoms with Crippen molar-refractivity contribution < 1.29 is 26.6 Å². The van der Waals surface area contributed by atoms with E-state index in [9.17, 15) is 4.79 Å². The lowest BCUT2D eigenvalue weighted by Crippen LogP contribution is -3.02. The number of allylic oxidation sites excluding steroid dienone is 2. The Hall–Kier alpha value is -1.62. The van der Waals surface area contributed by atoms with E-state index in [0.717, 1.165) is 39.3 Å². The van der Waals surface area contributed by atoms with E-state index in [-0.39, 0.29) is 12.4 Å². The van der Waals surface area contributed by atoms with Gasteiger partial charge in [0.05, 0.1) is 5.56 Å². The minimum atomic E-state index is 0. The molecule has 1 aromatic carbocycles. The van der Waals surface area contributed by atoms with Gasteiger partial charge in [-0.25, -0.2) is 0 Å². The Morgan fingerprint density at radius 2 is 2.04 bits per heavy atom. The fourth-order valence-corrected chi connectivity index (χ4v) is 4.18. The van der Waals surface area contributed by atoms with Crippen molar-refractivity contribution in [3.63, 3.8) is 0 Å². The van der Waals surface area contributed by atoms with Gasteiger partial charge >= 0.3 is 0 Å². The predicted molar refractivity (Wildman–Crippen MR) is 99.0 cm³/mol. The van der Waals surface area contributed by atoms with Crippen molar-refractivity contribution in [2.75, 3.05) is 0 Å². The molecule has 2 aliphatic rings. The summed E-state index contributed by atoms with van der Waals surface area (Å²) >= 11 is 6.34. The first-order valence-electron chi connectivity index (χ1n) is 8.94. The van der Waals surface area contributed by atoms with Crippen LogP contribution in [0.2, 0.25) is 5.02 Å². The maximum absolute atomic E-state index is 11.0. The van der Waals surface area contributed by atoms with E-state index >= 15 is 0 Å². The van der Waals surface area contributed by atoms with Crippen LogP contribution < -0.4 is 17.4 Å². The molecule has 6 heteroatoms. The molecule has 1 unspecified atom stereocenters. The quantitative estimate of drug-likeness (QED) is 0.788. The number of aldehydes is 1. The molecular formula is C20H22Cl2N2O2. The van der Waals surface area contributed by atoms with Gasteiger partial charge in [0.15, 0.2) is 12.0 Å². The third kappa shape index (κ3) is 3.73. The molecule has 4 nitrogen and oxygen atoms in total. The summed E-state index contributed by atoms with van der Waals surface area (Å²) in [7, 11) is 0. The van der Waals surface area contributed by atoms with Gasteiger partial charge in [-0.15, -0.1) is 0 Å². The second kappa shape index (κ2) is 7.95. The lowest BCUT2D eigenvalue weighted by molar-refractivity contribution is -0.879. The molecule has 1 aliphatic heterocycles. The van der Waals surface area contributed by atoms with Crippen LogP contribution in [0.5, 0.6) is 0 Å². The zero-order valence-electron chi connectivity index (χ0n) is 14.7. The standard InChI is InChI=1S/C20H21ClN2O2.ClH/c1-13-7-18(12-24)22-23(13)11-16-9-17(21)8-15-10-19(25-20(15)16)14-5-3-2-4-6-14;/h7-10,12,14H,2-6,11H2,1H3;1H. The van der Waals surface area contributed by atoms with Crippen LogP contribution >= 0.6 is 11.6 Å². The summed E-state index contributed by atoms with van der Waals surface area (Å²) in [5.41, 5.74) is 3.44. The number of carbonyl (C=O) groups is 1. The SMILES string of the molecule is CC1=CC(C=O)=N[NH+]1Cc1cc(Cl)cc2cc(C3CCCCC3)oc12.[Cl-]. The van der Waals surface area contributed by atoms with Crippen LogP contribution in [0, 0.1) is 0 Å². The molecule has 0 bridgehead atoms. The number of fused-ring (bicyclic) bond motifs is 1. The minimum Gasteiger partial charge on any atom is -1.00 e. The van der Waals surface area contributed by atoms with Crippen LogP contribution in [-0.4, -0.2) is 12.0 Å². The van der Waals surface area contributed by atoms with Gasteiger partial charge < -0.3 is 16.8 Å². The van der Waals surface area contributed by atoms with Crippen LogP contribution in [0.3, 0.4) is 0 Å². The van der Waals surface area contributed by atoms with Crippen LogP contribution in [0.4, 0.5) is 0 Å². The Labute approximate surface area is 164 Å². The number of benzene rings is 1. The molecule has 4 rings (SSSR count). The summed E-state index contributed by atoms with van der Waals surface area (Å²) in [5.74, 6) is 1.60. The number of rotatable bonds is 4. The van der Waals surface area contributed by atoms with Gasteiger partial charge in [-0.05, 0) is 31.0 Å². The Morgan fingerprint density at radius 1 is 1.27 bits per heavy atom. The molecule has 1 atom stereocenters. The molecule has 1 aromatic heterocycles. The fraction of sp³-hybridized carbons (Fsp3) is 0.400. The topological polar surface area (TPSA) is 47.0 Å². The third-order valence-electron chi connectivity index (χ3n) is 5.25. The van der Waals surface area contributed by atoms with Crippen molar-refractivity contribution in [2.24, 2.45) is 5.10 Å². The van der Waals surface area contributed by atoms with Crippen LogP contribution in [0.15, 0.2) is 39.5 Å². The van der Waals surface area contributed by atoms with Crippen molar-refractivity contribution in [3.05, 3.63) is 46.3 Å². The van der Waals surface area contributed by atoms with E-state index in [1.54, 1.807) is 0 Å². The Morgan fingerprint density at radius 3 is 2.73 bits per heavy atom. The van der Waals surface area contributed by atoms with Gasteiger partial charge in [-0.3, -0.25) is 4.79 Å². The number of carbonyl (C=O) groups excluding carboxylic acids is 1. The number of nitrogens with one attached hydrogen (secondary N) is 1. The summed E-state index contributed by atoms with van der Waals surface area (Å²) in [6.45, 7) is 2.60. The zero-order valence-corrected chi connectivity index (χ0v) is 16.2. The van der Waals surface area contributed by atoms with E-state index < -0.39 is 0 Å². The molecule has 2 heterocycles. The van der Waals surface area contributed by atoms with E-state index in [1.807, 2.05) is 25.1 Å². The maximum atomic E-state index is 11.0. The summed E-state index contributed by atoms with van der Waals surface area (Å²) in [6.07, 6.45) is 8.90. The second-order valence-corrected chi connectivity index (χ2v) is 7.51. The molecule has 2 aromatic rings. The van der Waals surface area contributed by atoms with Gasteiger partial charge in [0.2, 0.25) is 0 Å². The number of furan rings is 1. The normalized spacial score (nSPS) is 20.6. The molecule has 1 aliphatic carbocycles. The summed E-state index contributed by atoms with van der Waals surface area (Å²) in [5, 5.41) is 7.07. The molecule has 26 heavy (non-hydrogen) atoms. The fourth-order valence-electron chi connectivity index (χ4n) is 3.93. The van der Waals surface area contributed by atoms with Crippen molar-refractivity contribution >= 4 is 34.6 Å². The average Bonchev–Trinajstić information content (AvgIpc) is 3.19. The summed E-state index contributed by atoms with van der Waals surface area (Å²) in [6, 6.07) is 6.08. The Kier molecular flexibility index (Phi) is 5.86. The molecule has 0 spiro atoms. The minimum absolute atomic E-state index is 0. The molecule has 138 valence electrons. The predicted octanol–water partition coefficient (Wildman–Crippen LogP) is 0.995. The van der Waals surface area contributed by atoms with Crippen LogP contribution in [0.1, 0.15) is 56.3 Å². The molecule has 1 saturated carbocycles. The van der Waals surface area contributed by atoms with Crippen LogP contribution in [-0.2, 0) is 11.3 Å². The molecular weight excluding hydrogens is 371 g/mol. The Balaban J connectivity index is 0.00000196. The van der Waals surface area contributed by atoms with Gasteiger partial charge in [-0.2, -0.15) is 5.01 Å². The molecule has 0 amide bonds. The van der Waals surface area contributed by atoms with E-state index in [1.165, 1.54) is 32.1 Å². The smallest absolute Gasteiger partial charge is 0.174 e. The van der Waals surface area contributed by atoms with Crippen LogP contribution in [0.25, 0.3) is 11.0 Å². The van der Waals surface area contributed by atoms with Gasteiger partial charge in [0, 0.05) is 29.3 Å². The van der Waals surface area contributed by atoms with Crippen molar-refractivity contribution in [1.82, 2.24) is 0 Å². The van der Waals surface area contributed by atoms with Gasteiger partial charge in [0.1, 0.15) is 23.6 Å². The molecule has 1 fully saturated rings. The first-order valence-corrected chi connectivity index (χ1v) is 9.32. The highest BCUT2D eigenvalue weighted by molar-refractivity contribution is 6.34. The number of nitrogens with zero attached hydrogens (tertiary/aromatic N) is 1. The maximum Gasteiger partial charge on any atom is 0.174 e. The first-order chi connectivity index (χ1) is 12.1. The zero-order chi connectivity index (χ0) is 17.4.